The molecule has 0 aliphatic carbocycles. The van der Waals surface area contributed by atoms with Gasteiger partial charge in [-0.2, -0.15) is 11.8 Å². The lowest BCUT2D eigenvalue weighted by atomic mass is 10.4. The van der Waals surface area contributed by atoms with E-state index in [1.54, 1.807) is 0 Å². The molecule has 1 rings (SSSR count). The van der Waals surface area contributed by atoms with E-state index >= 15 is 0 Å². The van der Waals surface area contributed by atoms with Crippen molar-refractivity contribution in [3.8, 4) is 0 Å². The van der Waals surface area contributed by atoms with Gasteiger partial charge in [0.05, 0.1) is 0 Å². The van der Waals surface area contributed by atoms with Crippen LogP contribution in [-0.2, 0) is 0 Å². The first kappa shape index (κ1) is 13.0. The Labute approximate surface area is 102 Å². The Kier molecular flexibility index (Phi) is 7.03. The van der Waals surface area contributed by atoms with Crippen molar-refractivity contribution in [1.29, 1.82) is 0 Å². The molecule has 0 aromatic heterocycles. The zero-order valence-corrected chi connectivity index (χ0v) is 10.9. The monoisotopic (exact) mass is 239 g/mol. The van der Waals surface area contributed by atoms with Crippen LogP contribution in [0.4, 0.5) is 0 Å². The lowest BCUT2D eigenvalue weighted by Gasteiger charge is -2.10. The van der Waals surface area contributed by atoms with Crippen LogP contribution in [0, 0.1) is 6.92 Å². The summed E-state index contributed by atoms with van der Waals surface area (Å²) in [5.41, 5.74) is 0. The van der Waals surface area contributed by atoms with E-state index in [4.69, 9.17) is 0 Å². The van der Waals surface area contributed by atoms with Gasteiger partial charge in [-0.15, -0.1) is 11.8 Å². The Bertz CT molecular complexity index is 246. The van der Waals surface area contributed by atoms with Crippen molar-refractivity contribution in [1.82, 2.24) is 0 Å². The van der Waals surface area contributed by atoms with E-state index in [1.165, 1.54) is 29.2 Å². The van der Waals surface area contributed by atoms with Crippen molar-refractivity contribution < 1.29 is 0 Å². The zero-order valence-electron chi connectivity index (χ0n) is 9.32. The smallest absolute Gasteiger partial charge is 0.0103 e. The molecule has 2 heteroatoms. The molecule has 1 aromatic rings. The van der Waals surface area contributed by atoms with Gasteiger partial charge in [-0.3, -0.25) is 0 Å². The van der Waals surface area contributed by atoms with Crippen LogP contribution in [0.1, 0.15) is 19.8 Å². The fourth-order valence-electron chi connectivity index (χ4n) is 1.21. The molecule has 1 unspecified atom stereocenters. The average Bonchev–Trinajstić information content (AvgIpc) is 2.26. The second-order valence-electron chi connectivity index (χ2n) is 3.45. The maximum absolute atomic E-state index is 4.18. The van der Waals surface area contributed by atoms with Crippen LogP contribution in [0.2, 0.25) is 0 Å². The molecule has 0 fully saturated rings. The molecule has 1 radical (unpaired) electrons. The van der Waals surface area contributed by atoms with Crippen LogP contribution in [-0.4, -0.2) is 16.8 Å². The van der Waals surface area contributed by atoms with E-state index in [0.717, 1.165) is 0 Å². The lowest BCUT2D eigenvalue weighted by molar-refractivity contribution is 0.982. The van der Waals surface area contributed by atoms with E-state index in [2.05, 4.69) is 44.2 Å². The third-order valence-corrected chi connectivity index (χ3v) is 4.31. The normalized spacial score (nSPS) is 12.7. The highest BCUT2D eigenvalue weighted by Crippen LogP contribution is 2.25. The Morgan fingerprint density at radius 3 is 2.60 bits per heavy atom. The summed E-state index contributed by atoms with van der Waals surface area (Å²) < 4.78 is 0. The van der Waals surface area contributed by atoms with E-state index < -0.39 is 0 Å². The highest BCUT2D eigenvalue weighted by Gasteiger charge is 2.03. The van der Waals surface area contributed by atoms with Crippen molar-refractivity contribution in [2.75, 3.05) is 11.5 Å². The molecular formula is C13H19S2. The van der Waals surface area contributed by atoms with Gasteiger partial charge in [-0.25, -0.2) is 0 Å². The quantitative estimate of drug-likeness (QED) is 0.507. The second kappa shape index (κ2) is 8.12. The molecule has 0 amide bonds. The summed E-state index contributed by atoms with van der Waals surface area (Å²) in [6.45, 7) is 6.41. The standard InChI is InChI=1S/C13H19S2/c1-3-10-14-11-9-12(2)15-13-7-5-4-6-8-13/h4-8,12H,2-3,9-11H2,1H3. The number of benzene rings is 1. The van der Waals surface area contributed by atoms with Crippen molar-refractivity contribution in [3.63, 3.8) is 0 Å². The number of hydrogen-bond donors (Lipinski definition) is 0. The van der Waals surface area contributed by atoms with E-state index in [0.29, 0.717) is 5.25 Å². The van der Waals surface area contributed by atoms with Crippen molar-refractivity contribution in [2.45, 2.75) is 29.9 Å². The zero-order chi connectivity index (χ0) is 10.9. The molecule has 0 nitrogen and oxygen atoms in total. The SMILES string of the molecule is [CH2]C(CCSCCC)Sc1ccccc1. The molecule has 0 saturated carbocycles. The van der Waals surface area contributed by atoms with Gasteiger partial charge in [-0.05, 0) is 43.4 Å². The summed E-state index contributed by atoms with van der Waals surface area (Å²) in [6.07, 6.45) is 2.47. The van der Waals surface area contributed by atoms with Gasteiger partial charge in [0.25, 0.3) is 0 Å². The summed E-state index contributed by atoms with van der Waals surface area (Å²) in [7, 11) is 0. The van der Waals surface area contributed by atoms with Gasteiger partial charge in [0, 0.05) is 10.1 Å². The molecule has 0 heterocycles. The number of rotatable bonds is 7. The second-order valence-corrected chi connectivity index (χ2v) is 6.05. The minimum Gasteiger partial charge on any atom is -0.162 e. The topological polar surface area (TPSA) is 0 Å². The molecule has 0 aliphatic heterocycles. The molecule has 0 N–H and O–H groups in total. The van der Waals surface area contributed by atoms with Gasteiger partial charge in [0.1, 0.15) is 0 Å². The molecule has 0 spiro atoms. The Morgan fingerprint density at radius 2 is 1.93 bits per heavy atom. The van der Waals surface area contributed by atoms with Crippen LogP contribution >= 0.6 is 23.5 Å². The van der Waals surface area contributed by atoms with Gasteiger partial charge < -0.3 is 0 Å². The first-order valence-corrected chi connectivity index (χ1v) is 7.49. The Balaban J connectivity index is 2.16. The van der Waals surface area contributed by atoms with Crippen LogP contribution in [0.3, 0.4) is 0 Å². The van der Waals surface area contributed by atoms with Crippen molar-refractivity contribution in [3.05, 3.63) is 37.3 Å². The molecule has 83 valence electrons. The molecule has 15 heavy (non-hydrogen) atoms. The minimum absolute atomic E-state index is 0.483. The van der Waals surface area contributed by atoms with Crippen LogP contribution in [0.5, 0.6) is 0 Å². The molecular weight excluding hydrogens is 220 g/mol. The van der Waals surface area contributed by atoms with E-state index in [9.17, 15) is 0 Å². The number of hydrogen-bond acceptors (Lipinski definition) is 2. The number of thioether (sulfide) groups is 2. The van der Waals surface area contributed by atoms with Crippen LogP contribution in [0.25, 0.3) is 0 Å². The van der Waals surface area contributed by atoms with E-state index in [-0.39, 0.29) is 0 Å². The van der Waals surface area contributed by atoms with Gasteiger partial charge in [0.15, 0.2) is 0 Å². The summed E-state index contributed by atoms with van der Waals surface area (Å²) in [4.78, 5) is 1.33. The molecule has 1 atom stereocenters. The van der Waals surface area contributed by atoms with Crippen molar-refractivity contribution in [2.24, 2.45) is 0 Å². The molecule has 1 aromatic carbocycles. The summed E-state index contributed by atoms with van der Waals surface area (Å²) in [5, 5.41) is 0.483. The lowest BCUT2D eigenvalue weighted by Crippen LogP contribution is -1.98. The predicted molar refractivity (Wildman–Crippen MR) is 73.7 cm³/mol. The fourth-order valence-corrected chi connectivity index (χ4v) is 3.24. The average molecular weight is 239 g/mol. The van der Waals surface area contributed by atoms with E-state index in [1.807, 2.05) is 23.5 Å². The highest BCUT2D eigenvalue weighted by atomic mass is 32.2. The first-order chi connectivity index (χ1) is 7.33. The fraction of sp³-hybridized carbons (Fsp3) is 0.462. The van der Waals surface area contributed by atoms with Crippen LogP contribution < -0.4 is 0 Å². The Morgan fingerprint density at radius 1 is 1.20 bits per heavy atom. The van der Waals surface area contributed by atoms with Crippen molar-refractivity contribution >= 4 is 23.5 Å². The maximum Gasteiger partial charge on any atom is 0.0103 e. The molecule has 0 aliphatic rings. The van der Waals surface area contributed by atoms with Gasteiger partial charge in [-0.1, -0.05) is 25.1 Å². The van der Waals surface area contributed by atoms with Crippen LogP contribution in [0.15, 0.2) is 35.2 Å². The summed E-state index contributed by atoms with van der Waals surface area (Å²) in [6, 6.07) is 10.5. The van der Waals surface area contributed by atoms with Gasteiger partial charge >= 0.3 is 0 Å². The highest BCUT2D eigenvalue weighted by molar-refractivity contribution is 8.00. The Hall–Kier alpha value is -0.0800. The summed E-state index contributed by atoms with van der Waals surface area (Å²) in [5.74, 6) is 2.52. The third-order valence-electron chi connectivity index (χ3n) is 1.98. The summed E-state index contributed by atoms with van der Waals surface area (Å²) >= 11 is 3.92. The minimum atomic E-state index is 0.483. The first-order valence-electron chi connectivity index (χ1n) is 5.45. The third kappa shape index (κ3) is 6.16. The maximum atomic E-state index is 4.18. The molecule has 0 bridgehead atoms. The predicted octanol–water partition coefficient (Wildman–Crippen LogP) is 4.51. The largest absolute Gasteiger partial charge is 0.162 e. The molecule has 0 saturated heterocycles. The van der Waals surface area contributed by atoms with Gasteiger partial charge in [0.2, 0.25) is 0 Å².